The first-order valence-electron chi connectivity index (χ1n) is 10.0. The molecule has 7 nitrogen and oxygen atoms in total. The Balaban J connectivity index is 1.67. The molecule has 154 valence electrons. The van der Waals surface area contributed by atoms with Gasteiger partial charge in [-0.15, -0.1) is 0 Å². The lowest BCUT2D eigenvalue weighted by molar-refractivity contribution is -0.145. The summed E-state index contributed by atoms with van der Waals surface area (Å²) < 4.78 is 10.5. The molecule has 2 aliphatic rings. The average molecular weight is 389 g/mol. The summed E-state index contributed by atoms with van der Waals surface area (Å²) in [4.78, 5) is 21.1. The van der Waals surface area contributed by atoms with Crippen LogP contribution in [-0.4, -0.2) is 81.8 Å². The summed E-state index contributed by atoms with van der Waals surface area (Å²) in [7, 11) is 3.25. The number of carbonyl (C=O) groups excluding carboxylic acids is 1. The second kappa shape index (κ2) is 9.89. The normalized spacial score (nSPS) is 24.8. The van der Waals surface area contributed by atoms with Gasteiger partial charge in [-0.25, -0.2) is 0 Å². The predicted octanol–water partition coefficient (Wildman–Crippen LogP) is 1.38. The van der Waals surface area contributed by atoms with Crippen molar-refractivity contribution in [2.45, 2.75) is 13.0 Å². The highest BCUT2D eigenvalue weighted by Gasteiger charge is 2.37. The number of guanidine groups is 1. The van der Waals surface area contributed by atoms with Crippen LogP contribution in [0.25, 0.3) is 0 Å². The lowest BCUT2D eigenvalue weighted by Crippen LogP contribution is -2.47. The maximum atomic E-state index is 12.0. The lowest BCUT2D eigenvalue weighted by Gasteiger charge is -2.35. The molecule has 1 aromatic rings. The van der Waals surface area contributed by atoms with E-state index in [-0.39, 0.29) is 23.8 Å². The smallest absolute Gasteiger partial charge is 0.310 e. The largest absolute Gasteiger partial charge is 0.469 e. The van der Waals surface area contributed by atoms with Crippen molar-refractivity contribution in [2.75, 3.05) is 60.1 Å². The number of morpholine rings is 1. The third-order valence-electron chi connectivity index (χ3n) is 5.75. The predicted molar refractivity (Wildman–Crippen MR) is 109 cm³/mol. The first kappa shape index (κ1) is 20.6. The highest BCUT2D eigenvalue weighted by molar-refractivity contribution is 5.82. The van der Waals surface area contributed by atoms with Crippen LogP contribution < -0.4 is 5.32 Å². The summed E-state index contributed by atoms with van der Waals surface area (Å²) >= 11 is 0. The van der Waals surface area contributed by atoms with Crippen LogP contribution in [0.1, 0.15) is 18.5 Å². The van der Waals surface area contributed by atoms with Gasteiger partial charge < -0.3 is 19.7 Å². The maximum absolute atomic E-state index is 12.0. The number of ether oxygens (including phenoxy) is 2. The molecule has 28 heavy (non-hydrogen) atoms. The molecule has 0 aliphatic carbocycles. The molecule has 0 radical (unpaired) electrons. The molecule has 1 N–H and O–H groups in total. The zero-order valence-corrected chi connectivity index (χ0v) is 17.1. The van der Waals surface area contributed by atoms with E-state index in [2.05, 4.69) is 51.3 Å². The summed E-state index contributed by atoms with van der Waals surface area (Å²) in [5.74, 6) is 0.844. The van der Waals surface area contributed by atoms with Gasteiger partial charge in [0, 0.05) is 39.8 Å². The number of nitrogens with zero attached hydrogens (tertiary/aromatic N) is 3. The maximum Gasteiger partial charge on any atom is 0.310 e. The van der Waals surface area contributed by atoms with E-state index < -0.39 is 0 Å². The van der Waals surface area contributed by atoms with Crippen LogP contribution in [0.4, 0.5) is 0 Å². The molecule has 1 aromatic carbocycles. The molecule has 0 bridgehead atoms. The van der Waals surface area contributed by atoms with Gasteiger partial charge in [0.1, 0.15) is 0 Å². The summed E-state index contributed by atoms with van der Waals surface area (Å²) in [6.45, 7) is 7.66. The Bertz CT molecular complexity index is 661. The topological polar surface area (TPSA) is 66.4 Å². The Kier molecular flexibility index (Phi) is 7.28. The third kappa shape index (κ3) is 4.83. The standard InChI is InChI=1S/C21H32N4O3/c1-16-14-25(15-18(16)20(26)27-3)21(22-2)23-13-19(17-7-5-4-6-8-17)24-9-11-28-12-10-24/h4-8,16,18-19H,9-15H2,1-3H3,(H,22,23). The molecule has 3 atom stereocenters. The third-order valence-corrected chi connectivity index (χ3v) is 5.75. The number of likely N-dealkylation sites (tertiary alicyclic amines) is 1. The minimum absolute atomic E-state index is 0.104. The fraction of sp³-hybridized carbons (Fsp3) is 0.619. The Morgan fingerprint density at radius 3 is 2.64 bits per heavy atom. The van der Waals surface area contributed by atoms with Crippen molar-refractivity contribution >= 4 is 11.9 Å². The van der Waals surface area contributed by atoms with Crippen LogP contribution >= 0.6 is 0 Å². The second-order valence-electron chi connectivity index (χ2n) is 7.51. The summed E-state index contributed by atoms with van der Waals surface area (Å²) in [6, 6.07) is 10.8. The first-order chi connectivity index (χ1) is 13.6. The monoisotopic (exact) mass is 388 g/mol. The molecule has 0 spiro atoms. The van der Waals surface area contributed by atoms with Crippen molar-refractivity contribution < 1.29 is 14.3 Å². The van der Waals surface area contributed by atoms with Gasteiger partial charge in [-0.05, 0) is 11.5 Å². The molecule has 0 saturated carbocycles. The molecule has 3 rings (SSSR count). The van der Waals surface area contributed by atoms with Crippen LogP contribution in [0, 0.1) is 11.8 Å². The van der Waals surface area contributed by atoms with E-state index in [4.69, 9.17) is 9.47 Å². The van der Waals surface area contributed by atoms with E-state index in [0.717, 1.165) is 45.4 Å². The highest BCUT2D eigenvalue weighted by atomic mass is 16.5. The van der Waals surface area contributed by atoms with Gasteiger partial charge in [0.05, 0.1) is 32.3 Å². The summed E-state index contributed by atoms with van der Waals surface area (Å²) in [5, 5.41) is 3.55. The van der Waals surface area contributed by atoms with Gasteiger partial charge in [0.2, 0.25) is 0 Å². The Hall–Kier alpha value is -2.12. The van der Waals surface area contributed by atoms with Gasteiger partial charge >= 0.3 is 5.97 Å². The molecule has 2 heterocycles. The van der Waals surface area contributed by atoms with Crippen LogP contribution in [-0.2, 0) is 14.3 Å². The zero-order chi connectivity index (χ0) is 19.9. The van der Waals surface area contributed by atoms with Crippen molar-refractivity contribution in [1.29, 1.82) is 0 Å². The number of nitrogens with one attached hydrogen (secondary N) is 1. The molecule has 0 amide bonds. The molecule has 7 heteroatoms. The number of carbonyl (C=O) groups is 1. The highest BCUT2D eigenvalue weighted by Crippen LogP contribution is 2.25. The number of rotatable bonds is 5. The SMILES string of the molecule is CN=C(NCC(c1ccccc1)N1CCOCC1)N1CC(C)C(C(=O)OC)C1. The first-order valence-corrected chi connectivity index (χ1v) is 10.0. The van der Waals surface area contributed by atoms with Crippen molar-refractivity contribution in [2.24, 2.45) is 16.8 Å². The summed E-state index contributed by atoms with van der Waals surface area (Å²) in [5.41, 5.74) is 1.29. The van der Waals surface area contributed by atoms with Crippen molar-refractivity contribution in [3.63, 3.8) is 0 Å². The van der Waals surface area contributed by atoms with Gasteiger partial charge in [-0.3, -0.25) is 14.7 Å². The van der Waals surface area contributed by atoms with E-state index >= 15 is 0 Å². The van der Waals surface area contributed by atoms with Crippen LogP contribution in [0.3, 0.4) is 0 Å². The molecular formula is C21H32N4O3. The summed E-state index contributed by atoms with van der Waals surface area (Å²) in [6.07, 6.45) is 0. The van der Waals surface area contributed by atoms with Gasteiger partial charge in [0.15, 0.2) is 5.96 Å². The number of esters is 1. The number of aliphatic imine (C=N–C) groups is 1. The number of benzene rings is 1. The number of methoxy groups -OCH3 is 1. The molecule has 2 fully saturated rings. The fourth-order valence-corrected chi connectivity index (χ4v) is 4.14. The van der Waals surface area contributed by atoms with Crippen molar-refractivity contribution in [3.8, 4) is 0 Å². The Labute approximate surface area is 167 Å². The number of hydrogen-bond donors (Lipinski definition) is 1. The minimum Gasteiger partial charge on any atom is -0.469 e. The molecular weight excluding hydrogens is 356 g/mol. The molecule has 2 saturated heterocycles. The molecule has 2 aliphatic heterocycles. The Morgan fingerprint density at radius 2 is 2.00 bits per heavy atom. The fourth-order valence-electron chi connectivity index (χ4n) is 4.14. The average Bonchev–Trinajstić information content (AvgIpc) is 3.13. The Morgan fingerprint density at radius 1 is 1.29 bits per heavy atom. The number of hydrogen-bond acceptors (Lipinski definition) is 5. The molecule has 0 aromatic heterocycles. The van der Waals surface area contributed by atoms with Crippen LogP contribution in [0.2, 0.25) is 0 Å². The van der Waals surface area contributed by atoms with E-state index in [1.807, 2.05) is 6.07 Å². The van der Waals surface area contributed by atoms with Crippen LogP contribution in [0.15, 0.2) is 35.3 Å². The van der Waals surface area contributed by atoms with E-state index in [0.29, 0.717) is 6.54 Å². The van der Waals surface area contributed by atoms with E-state index in [1.165, 1.54) is 12.7 Å². The van der Waals surface area contributed by atoms with E-state index in [9.17, 15) is 4.79 Å². The minimum atomic E-state index is -0.138. The van der Waals surface area contributed by atoms with Crippen LogP contribution in [0.5, 0.6) is 0 Å². The van der Waals surface area contributed by atoms with E-state index in [1.54, 1.807) is 7.05 Å². The molecule has 3 unspecified atom stereocenters. The van der Waals surface area contributed by atoms with Crippen molar-refractivity contribution in [1.82, 2.24) is 15.1 Å². The van der Waals surface area contributed by atoms with Gasteiger partial charge in [-0.2, -0.15) is 0 Å². The second-order valence-corrected chi connectivity index (χ2v) is 7.51. The van der Waals surface area contributed by atoms with Gasteiger partial charge in [0.25, 0.3) is 0 Å². The van der Waals surface area contributed by atoms with Crippen molar-refractivity contribution in [3.05, 3.63) is 35.9 Å². The lowest BCUT2D eigenvalue weighted by atomic mass is 9.99. The zero-order valence-electron chi connectivity index (χ0n) is 17.1. The quantitative estimate of drug-likeness (QED) is 0.467. The van der Waals surface area contributed by atoms with Gasteiger partial charge in [-0.1, -0.05) is 37.3 Å².